The number of ether oxygens (including phenoxy) is 1. The molecule has 0 aliphatic heterocycles. The summed E-state index contributed by atoms with van der Waals surface area (Å²) in [7, 11) is 1.73. The van der Waals surface area contributed by atoms with E-state index in [1.807, 2.05) is 12.1 Å². The highest BCUT2D eigenvalue weighted by Crippen LogP contribution is 2.41. The third-order valence-electron chi connectivity index (χ3n) is 3.46. The molecule has 2 unspecified atom stereocenters. The van der Waals surface area contributed by atoms with Crippen LogP contribution in [0, 0.1) is 17.7 Å². The Hall–Kier alpha value is -0.930. The molecule has 0 amide bonds. The van der Waals surface area contributed by atoms with Crippen LogP contribution in [0.3, 0.4) is 0 Å². The summed E-state index contributed by atoms with van der Waals surface area (Å²) >= 11 is 0. The van der Waals surface area contributed by atoms with E-state index in [1.54, 1.807) is 19.2 Å². The predicted molar refractivity (Wildman–Crippen MR) is 70.9 cm³/mol. The Labute approximate surface area is 109 Å². The first kappa shape index (κ1) is 13.5. The van der Waals surface area contributed by atoms with Gasteiger partial charge in [-0.15, -0.1) is 0 Å². The van der Waals surface area contributed by atoms with Crippen LogP contribution in [0.4, 0.5) is 4.39 Å². The topological polar surface area (TPSA) is 21.3 Å². The predicted octanol–water partition coefficient (Wildman–Crippen LogP) is 3.15. The first-order valence-electron chi connectivity index (χ1n) is 6.68. The molecule has 0 heterocycles. The molecule has 3 heteroatoms. The van der Waals surface area contributed by atoms with Crippen LogP contribution in [0.1, 0.15) is 31.4 Å². The fraction of sp³-hybridized carbons (Fsp3) is 0.600. The summed E-state index contributed by atoms with van der Waals surface area (Å²) < 4.78 is 18.1. The third kappa shape index (κ3) is 3.79. The molecule has 1 saturated carbocycles. The molecule has 0 saturated heterocycles. The average molecular weight is 251 g/mol. The number of rotatable bonds is 7. The van der Waals surface area contributed by atoms with E-state index in [4.69, 9.17) is 4.74 Å². The van der Waals surface area contributed by atoms with E-state index in [-0.39, 0.29) is 5.82 Å². The summed E-state index contributed by atoms with van der Waals surface area (Å²) in [4.78, 5) is 0. The molecule has 2 rings (SSSR count). The summed E-state index contributed by atoms with van der Waals surface area (Å²) in [6.07, 6.45) is 2.54. The Morgan fingerprint density at radius 3 is 2.56 bits per heavy atom. The smallest absolute Gasteiger partial charge is 0.123 e. The van der Waals surface area contributed by atoms with Crippen LogP contribution >= 0.6 is 0 Å². The summed E-state index contributed by atoms with van der Waals surface area (Å²) in [5.41, 5.74) is 1.20. The number of nitrogens with one attached hydrogen (secondary N) is 1. The van der Waals surface area contributed by atoms with Crippen molar-refractivity contribution in [3.8, 4) is 0 Å². The Kier molecular flexibility index (Phi) is 4.72. The molecule has 1 fully saturated rings. The minimum Gasteiger partial charge on any atom is -0.384 e. The minimum absolute atomic E-state index is 0.166. The zero-order valence-electron chi connectivity index (χ0n) is 11.2. The molecule has 2 nitrogen and oxygen atoms in total. The van der Waals surface area contributed by atoms with E-state index >= 15 is 0 Å². The zero-order valence-corrected chi connectivity index (χ0v) is 11.2. The molecule has 100 valence electrons. The van der Waals surface area contributed by atoms with E-state index in [9.17, 15) is 4.39 Å². The maximum Gasteiger partial charge on any atom is 0.123 e. The van der Waals surface area contributed by atoms with Crippen molar-refractivity contribution in [2.45, 2.75) is 25.8 Å². The second kappa shape index (κ2) is 6.30. The first-order chi connectivity index (χ1) is 8.70. The number of halogens is 1. The van der Waals surface area contributed by atoms with Crippen molar-refractivity contribution in [3.05, 3.63) is 35.6 Å². The highest BCUT2D eigenvalue weighted by Gasteiger charge is 2.32. The molecule has 18 heavy (non-hydrogen) atoms. The average Bonchev–Trinajstić information content (AvgIpc) is 3.16. The van der Waals surface area contributed by atoms with Crippen molar-refractivity contribution in [3.63, 3.8) is 0 Å². The second-order valence-electron chi connectivity index (χ2n) is 5.34. The van der Waals surface area contributed by atoms with Crippen molar-refractivity contribution >= 4 is 0 Å². The molecule has 1 N–H and O–H groups in total. The lowest BCUT2D eigenvalue weighted by Crippen LogP contribution is -2.29. The van der Waals surface area contributed by atoms with Gasteiger partial charge in [-0.3, -0.25) is 0 Å². The lowest BCUT2D eigenvalue weighted by Gasteiger charge is -2.21. The van der Waals surface area contributed by atoms with Crippen LogP contribution < -0.4 is 5.32 Å². The monoisotopic (exact) mass is 251 g/mol. The maximum atomic E-state index is 12.9. The number of methoxy groups -OCH3 is 1. The Morgan fingerprint density at radius 2 is 2.00 bits per heavy atom. The number of benzene rings is 1. The molecule has 1 aromatic carbocycles. The number of hydrogen-bond donors (Lipinski definition) is 1. The highest BCUT2D eigenvalue weighted by molar-refractivity contribution is 5.22. The van der Waals surface area contributed by atoms with Crippen molar-refractivity contribution in [2.75, 3.05) is 20.3 Å². The van der Waals surface area contributed by atoms with Gasteiger partial charge in [-0.2, -0.15) is 0 Å². The molecular weight excluding hydrogens is 229 g/mol. The Bertz CT molecular complexity index is 361. The SMILES string of the molecule is COCC(C)CNC(c1ccc(F)cc1)C1CC1. The van der Waals surface area contributed by atoms with E-state index in [0.717, 1.165) is 13.2 Å². The van der Waals surface area contributed by atoms with Crippen LogP contribution in [0.25, 0.3) is 0 Å². The molecule has 0 bridgehead atoms. The van der Waals surface area contributed by atoms with Crippen LogP contribution in [-0.2, 0) is 4.74 Å². The quantitative estimate of drug-likeness (QED) is 0.803. The van der Waals surface area contributed by atoms with Crippen LogP contribution in [0.15, 0.2) is 24.3 Å². The molecular formula is C15H22FNO. The molecule has 1 aliphatic rings. The van der Waals surface area contributed by atoms with Crippen molar-refractivity contribution in [1.29, 1.82) is 0 Å². The van der Waals surface area contributed by atoms with Crippen molar-refractivity contribution in [2.24, 2.45) is 11.8 Å². The normalized spacial score (nSPS) is 18.6. The molecule has 1 aliphatic carbocycles. The lowest BCUT2D eigenvalue weighted by atomic mass is 10.0. The van der Waals surface area contributed by atoms with Crippen molar-refractivity contribution in [1.82, 2.24) is 5.32 Å². The fourth-order valence-corrected chi connectivity index (χ4v) is 2.33. The summed E-state index contributed by atoms with van der Waals surface area (Å²) in [5.74, 6) is 1.04. The molecule has 1 aromatic rings. The molecule has 2 atom stereocenters. The molecule has 0 radical (unpaired) electrons. The summed E-state index contributed by atoms with van der Waals surface area (Å²) in [6, 6.07) is 7.25. The fourth-order valence-electron chi connectivity index (χ4n) is 2.33. The van der Waals surface area contributed by atoms with Gasteiger partial charge in [-0.1, -0.05) is 19.1 Å². The van der Waals surface area contributed by atoms with Gasteiger partial charge in [0.15, 0.2) is 0 Å². The van der Waals surface area contributed by atoms with E-state index < -0.39 is 0 Å². The number of hydrogen-bond acceptors (Lipinski definition) is 2. The van der Waals surface area contributed by atoms with Gasteiger partial charge < -0.3 is 10.1 Å². The largest absolute Gasteiger partial charge is 0.384 e. The van der Waals surface area contributed by atoms with Crippen molar-refractivity contribution < 1.29 is 9.13 Å². The van der Waals surface area contributed by atoms with Crippen LogP contribution in [-0.4, -0.2) is 20.3 Å². The summed E-state index contributed by atoms with van der Waals surface area (Å²) in [6.45, 7) is 3.88. The Morgan fingerprint density at radius 1 is 1.33 bits per heavy atom. The van der Waals surface area contributed by atoms with Gasteiger partial charge in [0.2, 0.25) is 0 Å². The lowest BCUT2D eigenvalue weighted by molar-refractivity contribution is 0.156. The van der Waals surface area contributed by atoms with Gasteiger partial charge in [0.1, 0.15) is 5.82 Å². The summed E-state index contributed by atoms with van der Waals surface area (Å²) in [5, 5.41) is 3.60. The molecule has 0 aromatic heterocycles. The first-order valence-corrected chi connectivity index (χ1v) is 6.68. The third-order valence-corrected chi connectivity index (χ3v) is 3.46. The zero-order chi connectivity index (χ0) is 13.0. The standard InChI is InChI=1S/C15H22FNO/c1-11(10-18-2)9-17-15(12-3-4-12)13-5-7-14(16)8-6-13/h5-8,11-12,15,17H,3-4,9-10H2,1-2H3. The van der Waals surface area contributed by atoms with E-state index in [0.29, 0.717) is 17.9 Å². The Balaban J connectivity index is 1.94. The van der Waals surface area contributed by atoms with Crippen LogP contribution in [0.5, 0.6) is 0 Å². The van der Waals surface area contributed by atoms with Crippen LogP contribution in [0.2, 0.25) is 0 Å². The van der Waals surface area contributed by atoms with Gasteiger partial charge in [0.05, 0.1) is 0 Å². The highest BCUT2D eigenvalue weighted by atomic mass is 19.1. The molecule has 0 spiro atoms. The van der Waals surface area contributed by atoms with Gasteiger partial charge in [0.25, 0.3) is 0 Å². The maximum absolute atomic E-state index is 12.9. The van der Waals surface area contributed by atoms with E-state index in [2.05, 4.69) is 12.2 Å². The van der Waals surface area contributed by atoms with Gasteiger partial charge in [0, 0.05) is 26.3 Å². The van der Waals surface area contributed by atoms with Gasteiger partial charge in [-0.05, 0) is 42.4 Å². The second-order valence-corrected chi connectivity index (χ2v) is 5.34. The van der Waals surface area contributed by atoms with Gasteiger partial charge in [-0.25, -0.2) is 4.39 Å². The minimum atomic E-state index is -0.166. The van der Waals surface area contributed by atoms with Gasteiger partial charge >= 0.3 is 0 Å². The van der Waals surface area contributed by atoms with E-state index in [1.165, 1.54) is 18.4 Å².